The van der Waals surface area contributed by atoms with Gasteiger partial charge >= 0.3 is 0 Å². The highest BCUT2D eigenvalue weighted by Crippen LogP contribution is 2.43. The summed E-state index contributed by atoms with van der Waals surface area (Å²) in [6.07, 6.45) is 8.58. The van der Waals surface area contributed by atoms with Crippen molar-refractivity contribution >= 4 is 11.7 Å². The summed E-state index contributed by atoms with van der Waals surface area (Å²) in [5.41, 5.74) is 4.75. The molecule has 1 aliphatic heterocycles. The average molecular weight is 458 g/mol. The Labute approximate surface area is 200 Å². The molecule has 2 N–H and O–H groups in total. The van der Waals surface area contributed by atoms with Gasteiger partial charge < -0.3 is 15.3 Å². The average Bonchev–Trinajstić information content (AvgIpc) is 2.89. The number of piperidine rings is 1. The predicted octanol–water partition coefficient (Wildman–Crippen LogP) is 3.04. The normalized spacial score (nSPS) is 17.7. The number of carbonyl (C=O) groups is 1. The number of anilines is 1. The van der Waals surface area contributed by atoms with Gasteiger partial charge in [-0.25, -0.2) is 0 Å². The molecule has 1 spiro atoms. The lowest BCUT2D eigenvalue weighted by Crippen LogP contribution is -2.43. The maximum atomic E-state index is 12.3. The number of aromatic nitrogens is 3. The largest absolute Gasteiger partial charge is 0.387 e. The minimum atomic E-state index is -0.786. The van der Waals surface area contributed by atoms with Gasteiger partial charge in [-0.05, 0) is 66.8 Å². The molecule has 1 unspecified atom stereocenters. The molecule has 1 aromatic carbocycles. The third kappa shape index (κ3) is 5.09. The van der Waals surface area contributed by atoms with Crippen LogP contribution < -0.4 is 10.2 Å². The molecule has 3 heterocycles. The molecule has 1 saturated heterocycles. The second kappa shape index (κ2) is 9.89. The van der Waals surface area contributed by atoms with E-state index in [0.717, 1.165) is 18.9 Å². The standard InChI is InChI=1S/C27H31N5O2/c33-24(22-6-3-13-28-18-22)19-29-26(34)16-23-7-8-25(31-30-23)32-14-11-27(12-15-32)10-9-20-4-1-2-5-21(20)17-27/h1-8,13,18,24,33H,9-12,14-17,19H2,(H,29,34). The van der Waals surface area contributed by atoms with Crippen LogP contribution in [0.4, 0.5) is 5.82 Å². The number of rotatable bonds is 6. The number of aliphatic hydroxyl groups is 1. The maximum absolute atomic E-state index is 12.3. The van der Waals surface area contributed by atoms with Crippen LogP contribution in [0.2, 0.25) is 0 Å². The molecular weight excluding hydrogens is 426 g/mol. The first-order chi connectivity index (χ1) is 16.6. The van der Waals surface area contributed by atoms with Crippen LogP contribution in [0.1, 0.15) is 47.8 Å². The van der Waals surface area contributed by atoms with Gasteiger partial charge in [0.15, 0.2) is 5.82 Å². The van der Waals surface area contributed by atoms with Crippen molar-refractivity contribution in [1.82, 2.24) is 20.5 Å². The van der Waals surface area contributed by atoms with Gasteiger partial charge in [0.25, 0.3) is 0 Å². The fourth-order valence-corrected chi connectivity index (χ4v) is 5.25. The van der Waals surface area contributed by atoms with Gasteiger partial charge in [-0.3, -0.25) is 9.78 Å². The van der Waals surface area contributed by atoms with Crippen molar-refractivity contribution in [3.63, 3.8) is 0 Å². The van der Waals surface area contributed by atoms with Crippen molar-refractivity contribution in [3.05, 3.63) is 83.3 Å². The number of benzene rings is 1. The third-order valence-corrected chi connectivity index (χ3v) is 7.37. The van der Waals surface area contributed by atoms with Crippen molar-refractivity contribution in [3.8, 4) is 0 Å². The maximum Gasteiger partial charge on any atom is 0.226 e. The van der Waals surface area contributed by atoms with E-state index in [0.29, 0.717) is 16.7 Å². The molecule has 7 heteroatoms. The van der Waals surface area contributed by atoms with Crippen molar-refractivity contribution < 1.29 is 9.90 Å². The second-order valence-electron chi connectivity index (χ2n) is 9.60. The molecule has 7 nitrogen and oxygen atoms in total. The van der Waals surface area contributed by atoms with Crippen LogP contribution in [-0.2, 0) is 24.1 Å². The minimum Gasteiger partial charge on any atom is -0.387 e. The van der Waals surface area contributed by atoms with Gasteiger partial charge in [0.2, 0.25) is 5.91 Å². The lowest BCUT2D eigenvalue weighted by atomic mass is 9.66. The van der Waals surface area contributed by atoms with Crippen LogP contribution in [0.15, 0.2) is 60.9 Å². The molecule has 3 aromatic rings. The summed E-state index contributed by atoms with van der Waals surface area (Å²) in [6, 6.07) is 16.3. The van der Waals surface area contributed by atoms with Crippen LogP contribution in [0.5, 0.6) is 0 Å². The van der Waals surface area contributed by atoms with Gasteiger partial charge in [0.05, 0.1) is 18.2 Å². The van der Waals surface area contributed by atoms with Crippen LogP contribution >= 0.6 is 0 Å². The molecule has 1 amide bonds. The molecule has 34 heavy (non-hydrogen) atoms. The number of nitrogens with one attached hydrogen (secondary N) is 1. The van der Waals surface area contributed by atoms with E-state index in [4.69, 9.17) is 0 Å². The first-order valence-electron chi connectivity index (χ1n) is 12.1. The molecule has 0 saturated carbocycles. The van der Waals surface area contributed by atoms with E-state index in [1.54, 1.807) is 24.5 Å². The fraction of sp³-hybridized carbons (Fsp3) is 0.407. The minimum absolute atomic E-state index is 0.134. The number of aliphatic hydroxyl groups excluding tert-OH is 1. The Bertz CT molecular complexity index is 1110. The molecule has 1 fully saturated rings. The molecule has 1 aliphatic carbocycles. The molecule has 2 aliphatic rings. The third-order valence-electron chi connectivity index (χ3n) is 7.37. The van der Waals surface area contributed by atoms with Crippen molar-refractivity contribution in [1.29, 1.82) is 0 Å². The Hall–Kier alpha value is -3.32. The highest BCUT2D eigenvalue weighted by Gasteiger charge is 2.37. The number of pyridine rings is 1. The van der Waals surface area contributed by atoms with Crippen LogP contribution in [0.3, 0.4) is 0 Å². The second-order valence-corrected chi connectivity index (χ2v) is 9.60. The summed E-state index contributed by atoms with van der Waals surface area (Å²) in [5, 5.41) is 21.6. The van der Waals surface area contributed by atoms with Gasteiger partial charge in [0, 0.05) is 37.6 Å². The lowest BCUT2D eigenvalue weighted by molar-refractivity contribution is -0.121. The first-order valence-corrected chi connectivity index (χ1v) is 12.1. The molecule has 5 rings (SSSR count). The molecular formula is C27H31N5O2. The van der Waals surface area contributed by atoms with Crippen molar-refractivity contribution in [2.24, 2.45) is 5.41 Å². The topological polar surface area (TPSA) is 91.2 Å². The Morgan fingerprint density at radius 3 is 2.59 bits per heavy atom. The van der Waals surface area contributed by atoms with E-state index in [1.165, 1.54) is 43.2 Å². The molecule has 2 aromatic heterocycles. The van der Waals surface area contributed by atoms with Crippen molar-refractivity contribution in [2.75, 3.05) is 24.5 Å². The summed E-state index contributed by atoms with van der Waals surface area (Å²) in [7, 11) is 0. The summed E-state index contributed by atoms with van der Waals surface area (Å²) in [5.74, 6) is 0.685. The summed E-state index contributed by atoms with van der Waals surface area (Å²) < 4.78 is 0. The molecule has 1 atom stereocenters. The Morgan fingerprint density at radius 1 is 1.03 bits per heavy atom. The number of amides is 1. The van der Waals surface area contributed by atoms with Gasteiger partial charge in [-0.2, -0.15) is 5.10 Å². The van der Waals surface area contributed by atoms with Gasteiger partial charge in [-0.15, -0.1) is 5.10 Å². The van der Waals surface area contributed by atoms with E-state index in [2.05, 4.69) is 49.7 Å². The van der Waals surface area contributed by atoms with E-state index in [9.17, 15) is 9.90 Å². The zero-order valence-corrected chi connectivity index (χ0v) is 19.4. The van der Waals surface area contributed by atoms with E-state index in [-0.39, 0.29) is 18.9 Å². The van der Waals surface area contributed by atoms with E-state index in [1.807, 2.05) is 12.1 Å². The lowest BCUT2D eigenvalue weighted by Gasteiger charge is -2.45. The predicted molar refractivity (Wildman–Crippen MR) is 130 cm³/mol. The number of fused-ring (bicyclic) bond motifs is 1. The summed E-state index contributed by atoms with van der Waals surface area (Å²) >= 11 is 0. The number of nitrogens with zero attached hydrogens (tertiary/aromatic N) is 4. The molecule has 0 radical (unpaired) electrons. The summed E-state index contributed by atoms with van der Waals surface area (Å²) in [4.78, 5) is 18.6. The number of hydrogen-bond donors (Lipinski definition) is 2. The Kier molecular flexibility index (Phi) is 6.54. The monoisotopic (exact) mass is 457 g/mol. The SMILES string of the molecule is O=C(Cc1ccc(N2CCC3(CCc4ccccc4C3)CC2)nn1)NCC(O)c1cccnc1. The van der Waals surface area contributed by atoms with Crippen LogP contribution in [0.25, 0.3) is 0 Å². The highest BCUT2D eigenvalue weighted by atomic mass is 16.3. The zero-order chi connectivity index (χ0) is 23.4. The number of carbonyl (C=O) groups excluding carboxylic acids is 1. The molecule has 176 valence electrons. The summed E-state index contributed by atoms with van der Waals surface area (Å²) in [6.45, 7) is 2.11. The van der Waals surface area contributed by atoms with Crippen molar-refractivity contribution in [2.45, 2.75) is 44.6 Å². The van der Waals surface area contributed by atoms with Crippen LogP contribution in [0, 0.1) is 5.41 Å². The highest BCUT2D eigenvalue weighted by molar-refractivity contribution is 5.78. The smallest absolute Gasteiger partial charge is 0.226 e. The van der Waals surface area contributed by atoms with E-state index >= 15 is 0 Å². The zero-order valence-electron chi connectivity index (χ0n) is 19.4. The van der Waals surface area contributed by atoms with Crippen LogP contribution in [-0.4, -0.2) is 45.8 Å². The quantitative estimate of drug-likeness (QED) is 0.591. The van der Waals surface area contributed by atoms with Gasteiger partial charge in [-0.1, -0.05) is 30.3 Å². The molecule has 0 bridgehead atoms. The number of aryl methyl sites for hydroxylation is 1. The first kappa shape index (κ1) is 22.5. The van der Waals surface area contributed by atoms with Gasteiger partial charge in [0.1, 0.15) is 0 Å². The number of hydrogen-bond acceptors (Lipinski definition) is 6. The Balaban J connectivity index is 1.11. The van der Waals surface area contributed by atoms with E-state index < -0.39 is 6.10 Å². The Morgan fingerprint density at radius 2 is 1.85 bits per heavy atom. The fourth-order valence-electron chi connectivity index (χ4n) is 5.25.